The third-order valence-corrected chi connectivity index (χ3v) is 5.56. The first-order valence-electron chi connectivity index (χ1n) is 11.9. The lowest BCUT2D eigenvalue weighted by Gasteiger charge is -2.23. The number of aliphatic carboxylic acids is 1. The fourth-order valence-corrected chi connectivity index (χ4v) is 3.85. The minimum absolute atomic E-state index is 0.0528. The monoisotopic (exact) mass is 487 g/mol. The van der Waals surface area contributed by atoms with Gasteiger partial charge in [0.05, 0.1) is 12.6 Å². The van der Waals surface area contributed by atoms with Crippen molar-refractivity contribution < 1.29 is 24.3 Å². The second kappa shape index (κ2) is 12.9. The third-order valence-electron chi connectivity index (χ3n) is 5.56. The van der Waals surface area contributed by atoms with Crippen molar-refractivity contribution in [1.82, 2.24) is 20.9 Å². The number of hydrogen-bond acceptors (Lipinski definition) is 5. The largest absolute Gasteiger partial charge is 0.480 e. The number of carboxylic acid groups (broad SMARTS) is 1. The van der Waals surface area contributed by atoms with Gasteiger partial charge in [0.1, 0.15) is 12.1 Å². The molecule has 10 heteroatoms. The second-order valence-corrected chi connectivity index (χ2v) is 9.67. The molecule has 1 heterocycles. The average molecular weight is 488 g/mol. The lowest BCUT2D eigenvalue weighted by molar-refractivity contribution is -0.142. The number of amides is 3. The molecule has 0 saturated carbocycles. The standard InChI is InChI=1S/C25H37N5O5/c1-14(2)9-18(26)23(32)28-13-22(31)29-20(10-15(3)4)24(33)30-21(25(34)35)11-16-12-27-19-8-6-5-7-17(16)19/h5-8,12,14-15,18,20-21,27H,9-11,13,26H2,1-4H3,(H,28,32)(H,29,31)(H,30,33)(H,34,35). The van der Waals surface area contributed by atoms with Crippen LogP contribution < -0.4 is 21.7 Å². The number of hydrogen-bond donors (Lipinski definition) is 6. The van der Waals surface area contributed by atoms with Crippen molar-refractivity contribution >= 4 is 34.6 Å². The highest BCUT2D eigenvalue weighted by Gasteiger charge is 2.28. The summed E-state index contributed by atoms with van der Waals surface area (Å²) in [7, 11) is 0. The van der Waals surface area contributed by atoms with Gasteiger partial charge in [0.2, 0.25) is 17.7 Å². The average Bonchev–Trinajstić information content (AvgIpc) is 3.18. The zero-order chi connectivity index (χ0) is 26.1. The Hall–Kier alpha value is -3.40. The number of carbonyl (C=O) groups is 4. The molecule has 3 atom stereocenters. The van der Waals surface area contributed by atoms with E-state index in [-0.39, 0.29) is 24.8 Å². The van der Waals surface area contributed by atoms with E-state index >= 15 is 0 Å². The van der Waals surface area contributed by atoms with Crippen LogP contribution in [0.25, 0.3) is 10.9 Å². The predicted octanol–water partition coefficient (Wildman–Crippen LogP) is 1.30. The van der Waals surface area contributed by atoms with Gasteiger partial charge >= 0.3 is 5.97 Å². The summed E-state index contributed by atoms with van der Waals surface area (Å²) in [5.74, 6) is -2.48. The van der Waals surface area contributed by atoms with E-state index in [2.05, 4.69) is 20.9 Å². The smallest absolute Gasteiger partial charge is 0.326 e. The molecule has 10 nitrogen and oxygen atoms in total. The summed E-state index contributed by atoms with van der Waals surface area (Å²) in [5, 5.41) is 18.3. The molecule has 35 heavy (non-hydrogen) atoms. The molecule has 1 aromatic carbocycles. The highest BCUT2D eigenvalue weighted by molar-refractivity contribution is 5.93. The Morgan fingerprint density at radius 3 is 2.23 bits per heavy atom. The van der Waals surface area contributed by atoms with Gasteiger partial charge in [-0.1, -0.05) is 45.9 Å². The molecule has 0 bridgehead atoms. The molecule has 0 spiro atoms. The first-order valence-corrected chi connectivity index (χ1v) is 11.9. The molecular weight excluding hydrogens is 450 g/mol. The van der Waals surface area contributed by atoms with Crippen LogP contribution in [0.4, 0.5) is 0 Å². The lowest BCUT2D eigenvalue weighted by Crippen LogP contribution is -2.54. The van der Waals surface area contributed by atoms with Crippen LogP contribution in [0.15, 0.2) is 30.5 Å². The molecular formula is C25H37N5O5. The summed E-state index contributed by atoms with van der Waals surface area (Å²) < 4.78 is 0. The number of H-pyrrole nitrogens is 1. The quantitative estimate of drug-likeness (QED) is 0.249. The molecule has 0 aliphatic heterocycles. The van der Waals surface area contributed by atoms with Crippen molar-refractivity contribution in [3.8, 4) is 0 Å². The van der Waals surface area contributed by atoms with Crippen molar-refractivity contribution in [2.45, 2.75) is 65.1 Å². The lowest BCUT2D eigenvalue weighted by atomic mass is 10.0. The van der Waals surface area contributed by atoms with Crippen LogP contribution in [-0.4, -0.2) is 58.5 Å². The first kappa shape index (κ1) is 27.8. The molecule has 3 amide bonds. The van der Waals surface area contributed by atoms with Gasteiger partial charge in [0.25, 0.3) is 0 Å². The Bertz CT molecular complexity index is 1030. The molecule has 0 aliphatic rings. The van der Waals surface area contributed by atoms with Gasteiger partial charge in [-0.2, -0.15) is 0 Å². The number of nitrogens with two attached hydrogens (primary N) is 1. The number of aromatic amines is 1. The Balaban J connectivity index is 2.02. The van der Waals surface area contributed by atoms with E-state index in [0.717, 1.165) is 16.5 Å². The molecule has 0 saturated heterocycles. The van der Waals surface area contributed by atoms with Crippen LogP contribution in [0.2, 0.25) is 0 Å². The predicted molar refractivity (Wildman–Crippen MR) is 133 cm³/mol. The van der Waals surface area contributed by atoms with Gasteiger partial charge < -0.3 is 31.8 Å². The van der Waals surface area contributed by atoms with Crippen molar-refractivity contribution in [3.63, 3.8) is 0 Å². The van der Waals surface area contributed by atoms with Crippen molar-refractivity contribution in [1.29, 1.82) is 0 Å². The molecule has 0 radical (unpaired) electrons. The van der Waals surface area contributed by atoms with E-state index < -0.39 is 41.8 Å². The number of rotatable bonds is 13. The van der Waals surface area contributed by atoms with E-state index in [1.807, 2.05) is 52.0 Å². The number of carboxylic acids is 1. The highest BCUT2D eigenvalue weighted by Crippen LogP contribution is 2.19. The van der Waals surface area contributed by atoms with Gasteiger partial charge in [0, 0.05) is 23.5 Å². The molecule has 1 aromatic heterocycles. The van der Waals surface area contributed by atoms with E-state index in [1.165, 1.54) is 0 Å². The fourth-order valence-electron chi connectivity index (χ4n) is 3.85. The number of benzene rings is 1. The van der Waals surface area contributed by atoms with Crippen LogP contribution >= 0.6 is 0 Å². The minimum atomic E-state index is -1.18. The first-order chi connectivity index (χ1) is 16.5. The SMILES string of the molecule is CC(C)CC(N)C(=O)NCC(=O)NC(CC(C)C)C(=O)NC(Cc1c[nH]c2ccccc12)C(=O)O. The maximum absolute atomic E-state index is 13.0. The molecule has 192 valence electrons. The molecule has 2 rings (SSSR count). The van der Waals surface area contributed by atoms with Crippen LogP contribution in [0.5, 0.6) is 0 Å². The minimum Gasteiger partial charge on any atom is -0.480 e. The Morgan fingerprint density at radius 1 is 0.943 bits per heavy atom. The van der Waals surface area contributed by atoms with Gasteiger partial charge in [0.15, 0.2) is 0 Å². The summed E-state index contributed by atoms with van der Waals surface area (Å²) in [5.41, 5.74) is 7.46. The summed E-state index contributed by atoms with van der Waals surface area (Å²) in [6, 6.07) is 4.64. The van der Waals surface area contributed by atoms with Crippen LogP contribution in [0.3, 0.4) is 0 Å². The van der Waals surface area contributed by atoms with Gasteiger partial charge in [-0.15, -0.1) is 0 Å². The molecule has 7 N–H and O–H groups in total. The zero-order valence-electron chi connectivity index (χ0n) is 20.8. The normalized spacial score (nSPS) is 13.9. The van der Waals surface area contributed by atoms with Crippen molar-refractivity contribution in [2.75, 3.05) is 6.54 Å². The molecule has 2 aromatic rings. The van der Waals surface area contributed by atoms with E-state index in [4.69, 9.17) is 5.73 Å². The summed E-state index contributed by atoms with van der Waals surface area (Å²) >= 11 is 0. The number of aromatic nitrogens is 1. The number of nitrogens with one attached hydrogen (secondary N) is 4. The zero-order valence-corrected chi connectivity index (χ0v) is 20.8. The fraction of sp³-hybridized carbons (Fsp3) is 0.520. The van der Waals surface area contributed by atoms with Crippen LogP contribution in [0, 0.1) is 11.8 Å². The molecule has 0 fully saturated rings. The van der Waals surface area contributed by atoms with E-state index in [0.29, 0.717) is 12.8 Å². The van der Waals surface area contributed by atoms with Crippen LogP contribution in [-0.2, 0) is 25.6 Å². The number of para-hydroxylation sites is 1. The van der Waals surface area contributed by atoms with E-state index in [1.54, 1.807) is 6.20 Å². The maximum Gasteiger partial charge on any atom is 0.326 e. The maximum atomic E-state index is 13.0. The highest BCUT2D eigenvalue weighted by atomic mass is 16.4. The van der Waals surface area contributed by atoms with Gasteiger partial charge in [-0.25, -0.2) is 4.79 Å². The third kappa shape index (κ3) is 8.71. The van der Waals surface area contributed by atoms with Crippen molar-refractivity contribution in [3.05, 3.63) is 36.0 Å². The second-order valence-electron chi connectivity index (χ2n) is 9.67. The number of fused-ring (bicyclic) bond motifs is 1. The Labute approximate surface area is 205 Å². The van der Waals surface area contributed by atoms with Gasteiger partial charge in [-0.3, -0.25) is 14.4 Å². The Morgan fingerprint density at radius 2 is 1.60 bits per heavy atom. The summed E-state index contributed by atoms with van der Waals surface area (Å²) in [6.45, 7) is 7.33. The molecule has 0 aliphatic carbocycles. The number of carbonyl (C=O) groups excluding carboxylic acids is 3. The van der Waals surface area contributed by atoms with Crippen molar-refractivity contribution in [2.24, 2.45) is 17.6 Å². The molecule has 3 unspecified atom stereocenters. The summed E-state index contributed by atoms with van der Waals surface area (Å²) in [4.78, 5) is 52.5. The Kier molecular flexibility index (Phi) is 10.3. The van der Waals surface area contributed by atoms with Crippen LogP contribution in [0.1, 0.15) is 46.1 Å². The van der Waals surface area contributed by atoms with Gasteiger partial charge in [-0.05, 0) is 36.3 Å². The van der Waals surface area contributed by atoms with E-state index in [9.17, 15) is 24.3 Å². The topological polar surface area (TPSA) is 166 Å². The summed E-state index contributed by atoms with van der Waals surface area (Å²) in [6.07, 6.45) is 2.60.